The van der Waals surface area contributed by atoms with Gasteiger partial charge in [-0.25, -0.2) is 4.79 Å². The third-order valence-electron chi connectivity index (χ3n) is 3.38. The summed E-state index contributed by atoms with van der Waals surface area (Å²) in [6.45, 7) is 0.437. The molecule has 3 rings (SSSR count). The zero-order valence-corrected chi connectivity index (χ0v) is 17.0. The molecule has 0 spiro atoms. The fraction of sp³-hybridized carbons (Fsp3) is 0.0588. The summed E-state index contributed by atoms with van der Waals surface area (Å²) < 4.78 is 2.30. The van der Waals surface area contributed by atoms with Crippen LogP contribution in [0.3, 0.4) is 0 Å². The lowest BCUT2D eigenvalue weighted by molar-refractivity contribution is 0.262. The molecule has 0 unspecified atom stereocenters. The lowest BCUT2D eigenvalue weighted by Crippen LogP contribution is -2.20. The first-order valence-corrected chi connectivity index (χ1v) is 9.34. The van der Waals surface area contributed by atoms with Crippen LogP contribution in [0.2, 0.25) is 15.1 Å². The van der Waals surface area contributed by atoms with Crippen LogP contribution in [-0.2, 0) is 6.54 Å². The van der Waals surface area contributed by atoms with Crippen molar-refractivity contribution in [3.05, 3.63) is 73.8 Å². The van der Waals surface area contributed by atoms with E-state index in [0.29, 0.717) is 37.6 Å². The summed E-state index contributed by atoms with van der Waals surface area (Å²) >= 11 is 21.4. The van der Waals surface area contributed by atoms with Crippen molar-refractivity contribution in [3.63, 3.8) is 0 Å². The average Bonchev–Trinajstić information content (AvgIpc) is 2.89. The van der Waals surface area contributed by atoms with E-state index in [-0.39, 0.29) is 0 Å². The quantitative estimate of drug-likeness (QED) is 0.466. The van der Waals surface area contributed by atoms with E-state index >= 15 is 0 Å². The van der Waals surface area contributed by atoms with Gasteiger partial charge >= 0.3 is 6.03 Å². The fourth-order valence-electron chi connectivity index (χ4n) is 2.22. The maximum Gasteiger partial charge on any atom is 0.324 e. The Hall–Kier alpha value is -1.73. The Balaban J connectivity index is 1.68. The minimum absolute atomic E-state index is 0.384. The first-order chi connectivity index (χ1) is 12.4. The molecule has 0 bridgehead atoms. The van der Waals surface area contributed by atoms with Crippen LogP contribution in [0.5, 0.6) is 0 Å². The second kappa shape index (κ2) is 8.31. The number of amides is 2. The molecule has 1 heterocycles. The molecule has 0 aliphatic carbocycles. The van der Waals surface area contributed by atoms with E-state index in [0.717, 1.165) is 5.56 Å². The van der Waals surface area contributed by atoms with E-state index in [1.165, 1.54) is 0 Å². The number of urea groups is 1. The number of rotatable bonds is 4. The monoisotopic (exact) mass is 472 g/mol. The van der Waals surface area contributed by atoms with E-state index in [2.05, 4.69) is 31.7 Å². The lowest BCUT2D eigenvalue weighted by Gasteiger charge is -2.07. The summed E-state index contributed by atoms with van der Waals surface area (Å²) in [5.74, 6) is 0.384. The molecule has 2 aromatic carbocycles. The third-order valence-corrected chi connectivity index (χ3v) is 4.78. The Morgan fingerprint density at radius 3 is 2.58 bits per heavy atom. The Labute approximate surface area is 173 Å². The molecule has 5 nitrogen and oxygen atoms in total. The molecule has 0 aliphatic rings. The summed E-state index contributed by atoms with van der Waals surface area (Å²) in [5, 5.41) is 11.4. The van der Waals surface area contributed by atoms with E-state index in [1.54, 1.807) is 47.3 Å². The highest BCUT2D eigenvalue weighted by Crippen LogP contribution is 2.25. The summed E-state index contributed by atoms with van der Waals surface area (Å²) in [6.07, 6.45) is 1.75. The second-order valence-corrected chi connectivity index (χ2v) is 7.48. The number of benzene rings is 2. The van der Waals surface area contributed by atoms with Crippen LogP contribution < -0.4 is 10.6 Å². The topological polar surface area (TPSA) is 59.0 Å². The van der Waals surface area contributed by atoms with Crippen molar-refractivity contribution < 1.29 is 4.79 Å². The summed E-state index contributed by atoms with van der Waals surface area (Å²) in [6, 6.07) is 11.7. The van der Waals surface area contributed by atoms with Gasteiger partial charge in [-0.05, 0) is 51.8 Å². The smallest absolute Gasteiger partial charge is 0.308 e. The molecule has 2 N–H and O–H groups in total. The zero-order valence-electron chi connectivity index (χ0n) is 13.1. The van der Waals surface area contributed by atoms with E-state index in [1.807, 2.05) is 6.07 Å². The number of hydrogen-bond acceptors (Lipinski definition) is 2. The molecule has 1 aromatic heterocycles. The van der Waals surface area contributed by atoms with Crippen molar-refractivity contribution in [1.29, 1.82) is 0 Å². The van der Waals surface area contributed by atoms with Gasteiger partial charge in [-0.1, -0.05) is 46.9 Å². The van der Waals surface area contributed by atoms with Crippen LogP contribution in [0, 0.1) is 0 Å². The first kappa shape index (κ1) is 19.0. The summed E-state index contributed by atoms with van der Waals surface area (Å²) in [5.41, 5.74) is 1.44. The van der Waals surface area contributed by atoms with Gasteiger partial charge < -0.3 is 5.32 Å². The third kappa shape index (κ3) is 4.92. The maximum atomic E-state index is 12.1. The highest BCUT2D eigenvalue weighted by Gasteiger charge is 2.12. The predicted octanol–water partition coefficient (Wildman–Crippen LogP) is 6.30. The Bertz CT molecular complexity index is 961. The Morgan fingerprint density at radius 2 is 1.85 bits per heavy atom. The van der Waals surface area contributed by atoms with E-state index in [9.17, 15) is 4.79 Å². The van der Waals surface area contributed by atoms with Crippen molar-refractivity contribution >= 4 is 68.3 Å². The lowest BCUT2D eigenvalue weighted by atomic mass is 10.2. The summed E-state index contributed by atoms with van der Waals surface area (Å²) in [7, 11) is 0. The Kier molecular flexibility index (Phi) is 6.09. The van der Waals surface area contributed by atoms with Crippen LogP contribution in [0.4, 0.5) is 16.3 Å². The zero-order chi connectivity index (χ0) is 18.7. The molecule has 9 heteroatoms. The van der Waals surface area contributed by atoms with Gasteiger partial charge in [0.1, 0.15) is 0 Å². The molecule has 26 heavy (non-hydrogen) atoms. The normalized spacial score (nSPS) is 10.6. The molecular formula is C17H12BrCl3N4O. The number of anilines is 2. The van der Waals surface area contributed by atoms with Crippen LogP contribution in [0.25, 0.3) is 0 Å². The highest BCUT2D eigenvalue weighted by molar-refractivity contribution is 9.10. The second-order valence-electron chi connectivity index (χ2n) is 5.35. The summed E-state index contributed by atoms with van der Waals surface area (Å²) in [4.78, 5) is 12.1. The molecule has 0 aliphatic heterocycles. The number of carbonyl (C=O) groups excluding carboxylic acids is 1. The number of hydrogen-bond donors (Lipinski definition) is 2. The molecule has 3 aromatic rings. The number of halogens is 4. The number of nitrogens with one attached hydrogen (secondary N) is 2. The van der Waals surface area contributed by atoms with Gasteiger partial charge in [-0.15, -0.1) is 0 Å². The van der Waals surface area contributed by atoms with Gasteiger partial charge in [0.2, 0.25) is 0 Å². The molecule has 2 amide bonds. The van der Waals surface area contributed by atoms with Crippen molar-refractivity contribution in [3.8, 4) is 0 Å². The van der Waals surface area contributed by atoms with Crippen LogP contribution in [0.1, 0.15) is 5.56 Å². The number of nitrogens with zero attached hydrogens (tertiary/aromatic N) is 2. The van der Waals surface area contributed by atoms with Crippen molar-refractivity contribution in [2.75, 3.05) is 10.6 Å². The standard InChI is InChI=1S/C17H12BrCl3N4O/c18-14-9-25(8-10-4-5-12(20)7-15(10)21)24-16(14)23-17(26)22-13-3-1-2-11(19)6-13/h1-7,9H,8H2,(H2,22,23,24,26). The molecule has 0 atom stereocenters. The molecule has 0 radical (unpaired) electrons. The maximum absolute atomic E-state index is 12.1. The van der Waals surface area contributed by atoms with Crippen LogP contribution in [0.15, 0.2) is 53.1 Å². The van der Waals surface area contributed by atoms with Gasteiger partial charge in [-0.2, -0.15) is 5.10 Å². The Morgan fingerprint density at radius 1 is 1.08 bits per heavy atom. The van der Waals surface area contributed by atoms with Gasteiger partial charge in [-0.3, -0.25) is 10.00 Å². The van der Waals surface area contributed by atoms with Crippen molar-refractivity contribution in [2.45, 2.75) is 6.54 Å². The number of carbonyl (C=O) groups is 1. The molecule has 0 saturated carbocycles. The minimum atomic E-state index is -0.428. The molecule has 134 valence electrons. The molecule has 0 saturated heterocycles. The van der Waals surface area contributed by atoms with Crippen LogP contribution >= 0.6 is 50.7 Å². The van der Waals surface area contributed by atoms with E-state index in [4.69, 9.17) is 34.8 Å². The SMILES string of the molecule is O=C(Nc1cccc(Cl)c1)Nc1nn(Cc2ccc(Cl)cc2Cl)cc1Br. The van der Waals surface area contributed by atoms with Gasteiger partial charge in [0.25, 0.3) is 0 Å². The minimum Gasteiger partial charge on any atom is -0.308 e. The van der Waals surface area contributed by atoms with Gasteiger partial charge in [0.05, 0.1) is 11.0 Å². The molecule has 0 fully saturated rings. The largest absolute Gasteiger partial charge is 0.324 e. The predicted molar refractivity (Wildman–Crippen MR) is 110 cm³/mol. The van der Waals surface area contributed by atoms with Crippen molar-refractivity contribution in [1.82, 2.24) is 9.78 Å². The fourth-order valence-corrected chi connectivity index (χ4v) is 3.30. The first-order valence-electron chi connectivity index (χ1n) is 7.41. The van der Waals surface area contributed by atoms with Gasteiger partial charge in [0, 0.05) is 27.0 Å². The highest BCUT2D eigenvalue weighted by atomic mass is 79.9. The van der Waals surface area contributed by atoms with Gasteiger partial charge in [0.15, 0.2) is 5.82 Å². The van der Waals surface area contributed by atoms with Crippen molar-refractivity contribution in [2.24, 2.45) is 0 Å². The number of aromatic nitrogens is 2. The molecular weight excluding hydrogens is 462 g/mol. The van der Waals surface area contributed by atoms with E-state index < -0.39 is 6.03 Å². The van der Waals surface area contributed by atoms with Crippen LogP contribution in [-0.4, -0.2) is 15.8 Å². The average molecular weight is 475 g/mol.